The average Bonchev–Trinajstić information content (AvgIpc) is 3.58. The van der Waals surface area contributed by atoms with Crippen molar-refractivity contribution in [3.8, 4) is 5.75 Å². The fourth-order valence-electron chi connectivity index (χ4n) is 8.54. The van der Waals surface area contributed by atoms with Crippen LogP contribution in [0.4, 0.5) is 9.59 Å². The molecule has 5 atom stereocenters. The van der Waals surface area contributed by atoms with E-state index in [0.717, 1.165) is 73.8 Å². The highest BCUT2D eigenvalue weighted by Crippen LogP contribution is 2.51. The van der Waals surface area contributed by atoms with Gasteiger partial charge in [-0.15, -0.1) is 0 Å². The van der Waals surface area contributed by atoms with Gasteiger partial charge in [0, 0.05) is 13.1 Å². The van der Waals surface area contributed by atoms with Gasteiger partial charge in [0.25, 0.3) is 0 Å². The van der Waals surface area contributed by atoms with Crippen molar-refractivity contribution in [2.75, 3.05) is 19.7 Å². The van der Waals surface area contributed by atoms with E-state index in [4.69, 9.17) is 18.9 Å². The number of esters is 1. The van der Waals surface area contributed by atoms with Gasteiger partial charge in [0.05, 0.1) is 0 Å². The number of unbranched alkanes of at least 4 members (excludes halogenated alkanes) is 1. The maximum atomic E-state index is 12.9. The maximum Gasteiger partial charge on any atom is 0.407 e. The van der Waals surface area contributed by atoms with Gasteiger partial charge in [-0.3, -0.25) is 0 Å². The predicted molar refractivity (Wildman–Crippen MR) is 216 cm³/mol. The molecule has 2 aliphatic carbocycles. The minimum Gasteiger partial charge on any atom is -0.482 e. The normalized spacial score (nSPS) is 18.8. The summed E-state index contributed by atoms with van der Waals surface area (Å²) in [4.78, 5) is 38.2. The Kier molecular flexibility index (Phi) is 15.2. The van der Waals surface area contributed by atoms with Gasteiger partial charge in [0.15, 0.2) is 6.61 Å². The van der Waals surface area contributed by atoms with E-state index in [1.807, 2.05) is 103 Å². The molecule has 0 unspecified atom stereocenters. The molecule has 0 saturated heterocycles. The molecule has 0 aliphatic heterocycles. The first kappa shape index (κ1) is 40.4. The van der Waals surface area contributed by atoms with Gasteiger partial charge in [0.2, 0.25) is 0 Å². The zero-order chi connectivity index (χ0) is 39.0. The highest BCUT2D eigenvalue weighted by atomic mass is 16.6. The van der Waals surface area contributed by atoms with Crippen LogP contribution in [0.15, 0.2) is 109 Å². The Labute approximate surface area is 331 Å². The minimum absolute atomic E-state index is 0.148. The Morgan fingerprint density at radius 3 is 1.93 bits per heavy atom. The number of hydrogen-bond acceptors (Lipinski definition) is 7. The largest absolute Gasteiger partial charge is 0.482 e. The van der Waals surface area contributed by atoms with Gasteiger partial charge in [-0.25, -0.2) is 14.4 Å². The molecule has 9 nitrogen and oxygen atoms in total. The van der Waals surface area contributed by atoms with E-state index in [1.54, 1.807) is 0 Å². The number of nitrogens with one attached hydrogen (secondary N) is 2. The molecule has 1 saturated carbocycles. The van der Waals surface area contributed by atoms with Gasteiger partial charge < -0.3 is 29.6 Å². The molecule has 6 rings (SSSR count). The van der Waals surface area contributed by atoms with Crippen LogP contribution in [-0.4, -0.2) is 37.9 Å². The summed E-state index contributed by atoms with van der Waals surface area (Å²) in [5, 5.41) is 6.15. The molecule has 4 aromatic rings. The lowest BCUT2D eigenvalue weighted by Crippen LogP contribution is -2.34. The fourth-order valence-corrected chi connectivity index (χ4v) is 8.54. The topological polar surface area (TPSA) is 112 Å². The van der Waals surface area contributed by atoms with E-state index in [9.17, 15) is 14.4 Å². The number of ether oxygens (including phenoxy) is 4. The average molecular weight is 761 g/mol. The summed E-state index contributed by atoms with van der Waals surface area (Å²) in [6, 6.07) is 35.2. The summed E-state index contributed by atoms with van der Waals surface area (Å²) < 4.78 is 22.7. The lowest BCUT2D eigenvalue weighted by molar-refractivity contribution is -0.147. The van der Waals surface area contributed by atoms with Gasteiger partial charge in [0.1, 0.15) is 25.6 Å². The van der Waals surface area contributed by atoms with Crippen LogP contribution in [0.3, 0.4) is 0 Å². The van der Waals surface area contributed by atoms with Gasteiger partial charge in [-0.2, -0.15) is 0 Å². The Morgan fingerprint density at radius 1 is 0.696 bits per heavy atom. The first-order valence-corrected chi connectivity index (χ1v) is 20.3. The van der Waals surface area contributed by atoms with E-state index in [2.05, 4.69) is 23.6 Å². The van der Waals surface area contributed by atoms with E-state index in [0.29, 0.717) is 36.8 Å². The number of hydrogen-bond donors (Lipinski definition) is 2. The van der Waals surface area contributed by atoms with Crippen LogP contribution in [-0.2, 0) is 51.7 Å². The van der Waals surface area contributed by atoms with Gasteiger partial charge in [-0.1, -0.05) is 123 Å². The van der Waals surface area contributed by atoms with Crippen LogP contribution < -0.4 is 15.4 Å². The fraction of sp³-hybridized carbons (Fsp3) is 0.426. The molecular formula is C47H56N2O7. The van der Waals surface area contributed by atoms with Crippen LogP contribution in [0.25, 0.3) is 0 Å². The minimum atomic E-state index is -0.403. The third kappa shape index (κ3) is 12.1. The Bertz CT molecular complexity index is 1820. The second-order valence-electron chi connectivity index (χ2n) is 15.3. The van der Waals surface area contributed by atoms with Gasteiger partial charge >= 0.3 is 18.2 Å². The van der Waals surface area contributed by atoms with Crippen LogP contribution >= 0.6 is 0 Å². The number of carbonyl (C=O) groups excluding carboxylic acids is 3. The molecule has 2 amide bonds. The first-order valence-electron chi connectivity index (χ1n) is 20.3. The van der Waals surface area contributed by atoms with E-state index >= 15 is 0 Å². The first-order chi connectivity index (χ1) is 27.4. The Balaban J connectivity index is 1.09. The summed E-state index contributed by atoms with van der Waals surface area (Å²) in [7, 11) is 0. The van der Waals surface area contributed by atoms with Crippen molar-refractivity contribution in [3.05, 3.63) is 137 Å². The van der Waals surface area contributed by atoms with Crippen LogP contribution in [0.1, 0.15) is 73.3 Å². The second-order valence-corrected chi connectivity index (χ2v) is 15.3. The van der Waals surface area contributed by atoms with Gasteiger partial charge in [-0.05, 0) is 102 Å². The van der Waals surface area contributed by atoms with E-state index in [-0.39, 0.29) is 32.3 Å². The molecule has 9 heteroatoms. The molecule has 0 aromatic heterocycles. The molecule has 1 fully saturated rings. The van der Waals surface area contributed by atoms with Crippen molar-refractivity contribution in [2.24, 2.45) is 29.6 Å². The summed E-state index contributed by atoms with van der Waals surface area (Å²) in [5.74, 6) is 2.17. The zero-order valence-electron chi connectivity index (χ0n) is 32.5. The summed E-state index contributed by atoms with van der Waals surface area (Å²) in [6.45, 7) is 3.84. The second kappa shape index (κ2) is 21.1. The number of benzene rings is 4. The maximum absolute atomic E-state index is 12.9. The molecular weight excluding hydrogens is 705 g/mol. The van der Waals surface area contributed by atoms with Crippen molar-refractivity contribution in [2.45, 2.75) is 78.1 Å². The molecule has 0 spiro atoms. The predicted octanol–water partition coefficient (Wildman–Crippen LogP) is 9.22. The highest BCUT2D eigenvalue weighted by Gasteiger charge is 2.45. The number of alkyl carbamates (subject to hydrolysis) is 2. The number of rotatable bonds is 19. The quantitative estimate of drug-likeness (QED) is 0.0724. The molecule has 56 heavy (non-hydrogen) atoms. The lowest BCUT2D eigenvalue weighted by Gasteiger charge is -2.33. The molecule has 2 aliphatic rings. The van der Waals surface area contributed by atoms with E-state index in [1.165, 1.54) is 11.1 Å². The zero-order valence-corrected chi connectivity index (χ0v) is 32.5. The molecule has 0 heterocycles. The molecule has 0 bridgehead atoms. The summed E-state index contributed by atoms with van der Waals surface area (Å²) in [5.41, 5.74) is 5.26. The summed E-state index contributed by atoms with van der Waals surface area (Å²) in [6.07, 6.45) is 7.14. The molecule has 296 valence electrons. The molecule has 2 N–H and O–H groups in total. The monoisotopic (exact) mass is 760 g/mol. The van der Waals surface area contributed by atoms with Crippen molar-refractivity contribution < 1.29 is 33.3 Å². The Morgan fingerprint density at radius 2 is 1.30 bits per heavy atom. The molecule has 0 radical (unpaired) electrons. The smallest absolute Gasteiger partial charge is 0.407 e. The standard InChI is InChI=1S/C47H56N2O7/c1-2-3-14-34(28-48-46(51)55-31-36-17-9-5-10-18-36)23-24-41-40(29-49-47(52)56-32-37-19-11-6-12-20-37)25-39-27-43-38(26-42(39)41)21-13-22-44(43)53-33-45(50)54-30-35-15-7-4-8-16-35/h4-13,15-22,34,39-42H,2-3,14,23-33H2,1H3,(H,48,51)(H,49,52)/t34-,39+,40-,41-,42-/m0/s1. The number of carbonyl (C=O) groups is 3. The van der Waals surface area contributed by atoms with Crippen LogP contribution in [0.2, 0.25) is 0 Å². The summed E-state index contributed by atoms with van der Waals surface area (Å²) >= 11 is 0. The lowest BCUT2D eigenvalue weighted by atomic mass is 9.72. The SMILES string of the molecule is CCCC[C@@H](CC[C@H]1[C@H](CNC(=O)OCc2ccccc2)C[C@@H]2Cc3c(cccc3OCC(=O)OCc3ccccc3)C[C@@H]21)CNC(=O)OCc1ccccc1. The van der Waals surface area contributed by atoms with Crippen molar-refractivity contribution in [1.29, 1.82) is 0 Å². The Hall–Kier alpha value is -5.31. The van der Waals surface area contributed by atoms with Crippen molar-refractivity contribution in [1.82, 2.24) is 10.6 Å². The van der Waals surface area contributed by atoms with Crippen molar-refractivity contribution >= 4 is 18.2 Å². The van der Waals surface area contributed by atoms with E-state index < -0.39 is 18.2 Å². The molecule has 4 aromatic carbocycles. The number of amides is 2. The third-order valence-electron chi connectivity index (χ3n) is 11.4. The third-order valence-corrected chi connectivity index (χ3v) is 11.4. The van der Waals surface area contributed by atoms with Crippen LogP contribution in [0.5, 0.6) is 5.75 Å². The number of fused-ring (bicyclic) bond motifs is 2. The van der Waals surface area contributed by atoms with Crippen LogP contribution in [0, 0.1) is 29.6 Å². The highest BCUT2D eigenvalue weighted by molar-refractivity contribution is 5.71. The van der Waals surface area contributed by atoms with Crippen molar-refractivity contribution in [3.63, 3.8) is 0 Å².